The summed E-state index contributed by atoms with van der Waals surface area (Å²) in [6.07, 6.45) is 0.0518. The molecule has 0 unspecified atom stereocenters. The molecule has 7 nitrogen and oxygen atoms in total. The zero-order chi connectivity index (χ0) is 26.2. The highest BCUT2D eigenvalue weighted by Gasteiger charge is 2.21. The molecule has 1 aromatic heterocycles. The number of benzene rings is 3. The minimum absolute atomic E-state index is 0.191. The van der Waals surface area contributed by atoms with E-state index in [0.29, 0.717) is 25.1 Å². The fourth-order valence-corrected chi connectivity index (χ4v) is 4.90. The van der Waals surface area contributed by atoms with Gasteiger partial charge in [-0.25, -0.2) is 14.6 Å². The average Bonchev–Trinajstić information content (AvgIpc) is 3.30. The summed E-state index contributed by atoms with van der Waals surface area (Å²) in [5.74, 6) is 0.165. The number of ether oxygens (including phenoxy) is 2. The van der Waals surface area contributed by atoms with Gasteiger partial charge in [-0.3, -0.25) is 4.90 Å². The van der Waals surface area contributed by atoms with Crippen LogP contribution in [0.1, 0.15) is 26.5 Å². The highest BCUT2D eigenvalue weighted by molar-refractivity contribution is 7.15. The number of nitrogens with zero attached hydrogens (tertiary/aromatic N) is 2. The van der Waals surface area contributed by atoms with E-state index in [0.717, 1.165) is 32.5 Å². The van der Waals surface area contributed by atoms with E-state index in [9.17, 15) is 14.7 Å². The van der Waals surface area contributed by atoms with Crippen LogP contribution in [0.25, 0.3) is 10.6 Å². The monoisotopic (exact) mass is 516 g/mol. The third kappa shape index (κ3) is 6.54. The van der Waals surface area contributed by atoms with Crippen molar-refractivity contribution in [1.29, 1.82) is 0 Å². The summed E-state index contributed by atoms with van der Waals surface area (Å²) in [6.45, 7) is 2.78. The number of aryl methyl sites for hydroxylation is 1. The van der Waals surface area contributed by atoms with Gasteiger partial charge >= 0.3 is 12.1 Å². The number of carbonyl (C=O) groups excluding carboxylic acids is 1. The highest BCUT2D eigenvalue weighted by Crippen LogP contribution is 2.28. The molecule has 0 saturated carbocycles. The highest BCUT2D eigenvalue weighted by atomic mass is 32.1. The zero-order valence-electron chi connectivity index (χ0n) is 20.7. The molecule has 0 radical (unpaired) electrons. The number of rotatable bonds is 10. The van der Waals surface area contributed by atoms with Gasteiger partial charge in [0.25, 0.3) is 0 Å². The van der Waals surface area contributed by atoms with Gasteiger partial charge in [-0.2, -0.15) is 0 Å². The Balaban J connectivity index is 1.33. The van der Waals surface area contributed by atoms with Crippen molar-refractivity contribution in [2.45, 2.75) is 19.8 Å². The van der Waals surface area contributed by atoms with E-state index in [1.54, 1.807) is 35.6 Å². The Morgan fingerprint density at radius 2 is 1.65 bits per heavy atom. The van der Waals surface area contributed by atoms with E-state index in [-0.39, 0.29) is 12.1 Å². The van der Waals surface area contributed by atoms with E-state index in [1.165, 1.54) is 12.0 Å². The molecule has 190 valence electrons. The van der Waals surface area contributed by atoms with Crippen molar-refractivity contribution < 1.29 is 24.2 Å². The van der Waals surface area contributed by atoms with Crippen molar-refractivity contribution in [2.24, 2.45) is 0 Å². The first-order valence-electron chi connectivity index (χ1n) is 11.9. The first-order chi connectivity index (χ1) is 18.0. The molecule has 0 fully saturated rings. The molecule has 0 saturated heterocycles. The number of anilines is 1. The molecular weight excluding hydrogens is 488 g/mol. The van der Waals surface area contributed by atoms with Gasteiger partial charge < -0.3 is 14.6 Å². The lowest BCUT2D eigenvalue weighted by atomic mass is 10.1. The number of para-hydroxylation sites is 1. The van der Waals surface area contributed by atoms with Gasteiger partial charge in [0, 0.05) is 23.4 Å². The van der Waals surface area contributed by atoms with Gasteiger partial charge in [-0.05, 0) is 43.2 Å². The third-order valence-electron chi connectivity index (χ3n) is 5.90. The molecule has 0 bridgehead atoms. The van der Waals surface area contributed by atoms with Crippen LogP contribution >= 0.6 is 11.3 Å². The number of esters is 1. The molecule has 4 rings (SSSR count). The SMILES string of the molecule is COC(=O)c1ccccc1N(CCc1ccc(OCCc2nc(-c3ccccc3)sc2C)cc1)C(=O)O. The predicted molar refractivity (Wildman–Crippen MR) is 145 cm³/mol. The maximum Gasteiger partial charge on any atom is 0.411 e. The molecular formula is C29H28N2O5S. The van der Waals surface area contributed by atoms with Crippen LogP contribution < -0.4 is 9.64 Å². The van der Waals surface area contributed by atoms with Crippen LogP contribution in [0.3, 0.4) is 0 Å². The van der Waals surface area contributed by atoms with E-state index in [4.69, 9.17) is 14.5 Å². The number of amides is 1. The second kappa shape index (κ2) is 12.2. The number of aromatic nitrogens is 1. The quantitative estimate of drug-likeness (QED) is 0.251. The lowest BCUT2D eigenvalue weighted by molar-refractivity contribution is 0.0601. The molecule has 1 heterocycles. The summed E-state index contributed by atoms with van der Waals surface area (Å²) >= 11 is 1.69. The molecule has 8 heteroatoms. The number of thiazole rings is 1. The van der Waals surface area contributed by atoms with Crippen molar-refractivity contribution >= 4 is 29.1 Å². The lowest BCUT2D eigenvalue weighted by Gasteiger charge is -2.21. The molecule has 1 amide bonds. The largest absolute Gasteiger partial charge is 0.493 e. The first-order valence-corrected chi connectivity index (χ1v) is 12.7. The summed E-state index contributed by atoms with van der Waals surface area (Å²) in [7, 11) is 1.27. The molecule has 0 aliphatic heterocycles. The van der Waals surface area contributed by atoms with Gasteiger partial charge in [0.05, 0.1) is 30.7 Å². The summed E-state index contributed by atoms with van der Waals surface area (Å²) in [4.78, 5) is 31.1. The number of methoxy groups -OCH3 is 1. The van der Waals surface area contributed by atoms with Crippen molar-refractivity contribution in [3.63, 3.8) is 0 Å². The Hall–Kier alpha value is -4.17. The van der Waals surface area contributed by atoms with E-state index >= 15 is 0 Å². The van der Waals surface area contributed by atoms with Gasteiger partial charge in [-0.15, -0.1) is 11.3 Å². The average molecular weight is 517 g/mol. The molecule has 3 aromatic carbocycles. The molecule has 0 aliphatic rings. The van der Waals surface area contributed by atoms with Crippen molar-refractivity contribution in [3.05, 3.63) is 101 Å². The second-order valence-electron chi connectivity index (χ2n) is 8.32. The summed E-state index contributed by atoms with van der Waals surface area (Å²) < 4.78 is 10.7. The van der Waals surface area contributed by atoms with Gasteiger partial charge in [0.1, 0.15) is 10.8 Å². The van der Waals surface area contributed by atoms with E-state index in [2.05, 4.69) is 19.1 Å². The number of hydrogen-bond donors (Lipinski definition) is 1. The number of carbonyl (C=O) groups is 2. The zero-order valence-corrected chi connectivity index (χ0v) is 21.5. The smallest absolute Gasteiger partial charge is 0.411 e. The van der Waals surface area contributed by atoms with Crippen LogP contribution in [0.5, 0.6) is 5.75 Å². The summed E-state index contributed by atoms with van der Waals surface area (Å²) in [5, 5.41) is 10.8. The molecule has 1 N–H and O–H groups in total. The molecule has 0 atom stereocenters. The Bertz CT molecular complexity index is 1350. The maximum absolute atomic E-state index is 12.1. The van der Waals surface area contributed by atoms with Gasteiger partial charge in [0.15, 0.2) is 0 Å². The minimum Gasteiger partial charge on any atom is -0.493 e. The van der Waals surface area contributed by atoms with Gasteiger partial charge in [-0.1, -0.05) is 54.6 Å². The minimum atomic E-state index is -1.14. The lowest BCUT2D eigenvalue weighted by Crippen LogP contribution is -2.32. The van der Waals surface area contributed by atoms with E-state index in [1.807, 2.05) is 42.5 Å². The molecule has 4 aromatic rings. The maximum atomic E-state index is 12.1. The van der Waals surface area contributed by atoms with Crippen LogP contribution in [0, 0.1) is 6.92 Å². The van der Waals surface area contributed by atoms with E-state index < -0.39 is 12.1 Å². The van der Waals surface area contributed by atoms with Crippen molar-refractivity contribution in [3.8, 4) is 16.3 Å². The first kappa shape index (κ1) is 25.9. The van der Waals surface area contributed by atoms with Gasteiger partial charge in [0.2, 0.25) is 0 Å². The Morgan fingerprint density at radius 3 is 2.35 bits per heavy atom. The Labute approximate surface area is 219 Å². The Kier molecular flexibility index (Phi) is 8.53. The van der Waals surface area contributed by atoms with Crippen LogP contribution in [0.15, 0.2) is 78.9 Å². The summed E-state index contributed by atoms with van der Waals surface area (Å²) in [5.41, 5.74) is 3.63. The fourth-order valence-electron chi connectivity index (χ4n) is 3.93. The second-order valence-corrected chi connectivity index (χ2v) is 9.53. The Morgan fingerprint density at radius 1 is 0.946 bits per heavy atom. The van der Waals surface area contributed by atoms with Crippen LogP contribution in [-0.2, 0) is 17.6 Å². The molecule has 0 spiro atoms. The predicted octanol–water partition coefficient (Wildman–Crippen LogP) is 6.25. The molecule has 37 heavy (non-hydrogen) atoms. The van der Waals surface area contributed by atoms with Crippen LogP contribution in [-0.4, -0.2) is 42.4 Å². The topological polar surface area (TPSA) is 89.0 Å². The number of carboxylic acid groups (broad SMARTS) is 1. The van der Waals surface area contributed by atoms with Crippen molar-refractivity contribution in [1.82, 2.24) is 4.98 Å². The number of hydrogen-bond acceptors (Lipinski definition) is 6. The van der Waals surface area contributed by atoms with Crippen LogP contribution in [0.4, 0.5) is 10.5 Å². The van der Waals surface area contributed by atoms with Crippen molar-refractivity contribution in [2.75, 3.05) is 25.2 Å². The summed E-state index contributed by atoms with van der Waals surface area (Å²) in [6, 6.07) is 24.3. The van der Waals surface area contributed by atoms with Crippen LogP contribution in [0.2, 0.25) is 0 Å². The molecule has 0 aliphatic carbocycles. The standard InChI is InChI=1S/C29H28N2O5S/c1-20-25(30-27(37-20)22-8-4-3-5-9-22)17-19-36-23-14-12-21(13-15-23)16-18-31(29(33)34)26-11-7-6-10-24(26)28(32)35-2/h3-15H,16-19H2,1-2H3,(H,33,34). The fraction of sp³-hybridized carbons (Fsp3) is 0.207. The third-order valence-corrected chi connectivity index (χ3v) is 6.96. The normalized spacial score (nSPS) is 10.6.